The topological polar surface area (TPSA) is 81.0 Å². The molecule has 36 heavy (non-hydrogen) atoms. The first-order valence-electron chi connectivity index (χ1n) is 12.6. The van der Waals surface area contributed by atoms with E-state index in [-0.39, 0.29) is 11.8 Å². The van der Waals surface area contributed by atoms with Crippen LogP contribution in [0.2, 0.25) is 0 Å². The summed E-state index contributed by atoms with van der Waals surface area (Å²) < 4.78 is 16.7. The Kier molecular flexibility index (Phi) is 6.98. The first-order valence-corrected chi connectivity index (χ1v) is 12.6. The van der Waals surface area contributed by atoms with Crippen molar-refractivity contribution in [3.63, 3.8) is 0 Å². The van der Waals surface area contributed by atoms with E-state index in [4.69, 9.17) is 13.9 Å². The van der Waals surface area contributed by atoms with Crippen molar-refractivity contribution < 1.29 is 23.5 Å². The molecule has 1 saturated carbocycles. The van der Waals surface area contributed by atoms with Gasteiger partial charge in [-0.1, -0.05) is 19.3 Å². The number of nitrogens with one attached hydrogen (secondary N) is 1. The molecule has 2 aliphatic rings. The average Bonchev–Trinajstić information content (AvgIpc) is 3.36. The molecule has 188 valence electrons. The molecule has 0 unspecified atom stereocenters. The fourth-order valence-electron chi connectivity index (χ4n) is 5.13. The molecule has 1 aromatic heterocycles. The molecule has 7 heteroatoms. The van der Waals surface area contributed by atoms with Crippen LogP contribution in [0.1, 0.15) is 53.8 Å². The number of nitrogens with zero attached hydrogens (tertiary/aromatic N) is 1. The lowest BCUT2D eigenvalue weighted by Crippen LogP contribution is -2.40. The number of amides is 2. The van der Waals surface area contributed by atoms with Gasteiger partial charge >= 0.3 is 0 Å². The predicted molar refractivity (Wildman–Crippen MR) is 137 cm³/mol. The van der Waals surface area contributed by atoms with Crippen molar-refractivity contribution in [1.29, 1.82) is 0 Å². The van der Waals surface area contributed by atoms with E-state index in [0.29, 0.717) is 35.2 Å². The smallest absolute Gasteiger partial charge is 0.255 e. The Bertz CT molecular complexity index is 1220. The lowest BCUT2D eigenvalue weighted by Gasteiger charge is -2.31. The summed E-state index contributed by atoms with van der Waals surface area (Å²) in [6.45, 7) is 1.33. The van der Waals surface area contributed by atoms with Crippen LogP contribution in [0.15, 0.2) is 52.9 Å². The van der Waals surface area contributed by atoms with Gasteiger partial charge in [0.2, 0.25) is 5.91 Å². The summed E-state index contributed by atoms with van der Waals surface area (Å²) in [4.78, 5) is 27.8. The Morgan fingerprint density at radius 3 is 2.31 bits per heavy atom. The summed E-state index contributed by atoms with van der Waals surface area (Å²) in [6.07, 6.45) is 6.36. The van der Waals surface area contributed by atoms with Crippen molar-refractivity contribution in [2.45, 2.75) is 45.1 Å². The minimum atomic E-state index is -0.254. The highest BCUT2D eigenvalue weighted by molar-refractivity contribution is 6.04. The molecular weight excluding hydrogens is 456 g/mol. The normalized spacial score (nSPS) is 15.8. The third-order valence-corrected chi connectivity index (χ3v) is 7.17. The molecule has 0 spiro atoms. The van der Waals surface area contributed by atoms with E-state index in [1.807, 2.05) is 35.2 Å². The van der Waals surface area contributed by atoms with Crippen molar-refractivity contribution in [2.75, 3.05) is 26.1 Å². The Balaban J connectivity index is 1.25. The highest BCUT2D eigenvalue weighted by Gasteiger charge is 2.30. The fourth-order valence-corrected chi connectivity index (χ4v) is 5.13. The summed E-state index contributed by atoms with van der Waals surface area (Å²) in [6, 6.07) is 14.7. The van der Waals surface area contributed by atoms with E-state index >= 15 is 0 Å². The van der Waals surface area contributed by atoms with Crippen LogP contribution in [-0.2, 0) is 17.8 Å². The SMILES string of the molecule is COc1cc(OC)cc(C(=O)Nc2ccc(-c3cc4c(o3)CCN(C(=O)C3CCCCC3)C4)cc2)c1. The minimum absolute atomic E-state index is 0.187. The molecule has 2 amide bonds. The van der Waals surface area contributed by atoms with Crippen LogP contribution in [0, 0.1) is 5.92 Å². The lowest BCUT2D eigenvalue weighted by molar-refractivity contribution is -0.137. The summed E-state index contributed by atoms with van der Waals surface area (Å²) in [7, 11) is 3.10. The van der Waals surface area contributed by atoms with Crippen molar-refractivity contribution in [2.24, 2.45) is 5.92 Å². The van der Waals surface area contributed by atoms with Crippen LogP contribution in [0.25, 0.3) is 11.3 Å². The summed E-state index contributed by atoms with van der Waals surface area (Å²) in [5.41, 5.74) is 3.13. The first kappa shape index (κ1) is 24.0. The zero-order valence-electron chi connectivity index (χ0n) is 20.8. The second kappa shape index (κ2) is 10.5. The molecule has 5 rings (SSSR count). The summed E-state index contributed by atoms with van der Waals surface area (Å²) >= 11 is 0. The van der Waals surface area contributed by atoms with E-state index in [0.717, 1.165) is 61.3 Å². The van der Waals surface area contributed by atoms with Crippen molar-refractivity contribution in [3.8, 4) is 22.8 Å². The Hall–Kier alpha value is -3.74. The predicted octanol–water partition coefficient (Wildman–Crippen LogP) is 5.68. The third kappa shape index (κ3) is 5.10. The first-order chi connectivity index (χ1) is 17.5. The number of carbonyl (C=O) groups excluding carboxylic acids is 2. The maximum absolute atomic E-state index is 13.0. The van der Waals surface area contributed by atoms with Gasteiger partial charge in [0.25, 0.3) is 5.91 Å². The number of ether oxygens (including phenoxy) is 2. The Morgan fingerprint density at radius 1 is 0.944 bits per heavy atom. The zero-order chi connectivity index (χ0) is 25.1. The molecule has 0 bridgehead atoms. The van der Waals surface area contributed by atoms with E-state index in [1.165, 1.54) is 6.42 Å². The molecular formula is C29H32N2O5. The molecule has 1 aliphatic heterocycles. The van der Waals surface area contributed by atoms with Gasteiger partial charge < -0.3 is 24.1 Å². The van der Waals surface area contributed by atoms with Crippen molar-refractivity contribution >= 4 is 17.5 Å². The highest BCUT2D eigenvalue weighted by Crippen LogP contribution is 2.32. The van der Waals surface area contributed by atoms with E-state index < -0.39 is 0 Å². The summed E-state index contributed by atoms with van der Waals surface area (Å²) in [5.74, 6) is 3.08. The van der Waals surface area contributed by atoms with Crippen LogP contribution in [0.4, 0.5) is 5.69 Å². The third-order valence-electron chi connectivity index (χ3n) is 7.17. The van der Waals surface area contributed by atoms with Gasteiger partial charge in [-0.05, 0) is 55.3 Å². The lowest BCUT2D eigenvalue weighted by atomic mass is 9.88. The van der Waals surface area contributed by atoms with Gasteiger partial charge in [0.05, 0.1) is 14.2 Å². The maximum atomic E-state index is 13.0. The van der Waals surface area contributed by atoms with Crippen molar-refractivity contribution in [1.82, 2.24) is 4.90 Å². The minimum Gasteiger partial charge on any atom is -0.497 e. The standard InChI is InChI=1S/C29H32N2O5/c1-34-24-14-21(15-25(17-24)35-2)28(32)30-23-10-8-19(9-11-23)27-16-22-18-31(13-12-26(22)36-27)29(33)20-6-4-3-5-7-20/h8-11,14-17,20H,3-7,12-13,18H2,1-2H3,(H,30,32). The molecule has 1 fully saturated rings. The van der Waals surface area contributed by atoms with Crippen molar-refractivity contribution in [3.05, 3.63) is 65.4 Å². The number of furan rings is 1. The molecule has 1 aliphatic carbocycles. The van der Waals surface area contributed by atoms with Gasteiger partial charge in [0.15, 0.2) is 0 Å². The maximum Gasteiger partial charge on any atom is 0.255 e. The molecule has 7 nitrogen and oxygen atoms in total. The fraction of sp³-hybridized carbons (Fsp3) is 0.379. The number of hydrogen-bond donors (Lipinski definition) is 1. The molecule has 3 aromatic rings. The number of anilines is 1. The molecule has 0 radical (unpaired) electrons. The van der Waals surface area contributed by atoms with Gasteiger partial charge in [0.1, 0.15) is 23.0 Å². The van der Waals surface area contributed by atoms with Gasteiger partial charge in [-0.3, -0.25) is 9.59 Å². The second-order valence-electron chi connectivity index (χ2n) is 9.54. The number of rotatable bonds is 6. The molecule has 0 saturated heterocycles. The van der Waals surface area contributed by atoms with E-state index in [1.54, 1.807) is 32.4 Å². The number of hydrogen-bond acceptors (Lipinski definition) is 5. The number of carbonyl (C=O) groups is 2. The van der Waals surface area contributed by atoms with Crippen LogP contribution in [0.5, 0.6) is 11.5 Å². The monoisotopic (exact) mass is 488 g/mol. The largest absolute Gasteiger partial charge is 0.497 e. The van der Waals surface area contributed by atoms with Crippen LogP contribution in [-0.4, -0.2) is 37.5 Å². The van der Waals surface area contributed by atoms with Gasteiger partial charge in [-0.15, -0.1) is 0 Å². The average molecular weight is 489 g/mol. The highest BCUT2D eigenvalue weighted by atomic mass is 16.5. The Labute approximate surface area is 211 Å². The Morgan fingerprint density at radius 2 is 1.64 bits per heavy atom. The van der Waals surface area contributed by atoms with Gasteiger partial charge in [0, 0.05) is 53.9 Å². The van der Waals surface area contributed by atoms with Crippen LogP contribution in [0.3, 0.4) is 0 Å². The quantitative estimate of drug-likeness (QED) is 0.483. The van der Waals surface area contributed by atoms with Crippen LogP contribution < -0.4 is 14.8 Å². The number of methoxy groups -OCH3 is 2. The molecule has 2 heterocycles. The van der Waals surface area contributed by atoms with E-state index in [9.17, 15) is 9.59 Å². The number of fused-ring (bicyclic) bond motifs is 1. The van der Waals surface area contributed by atoms with E-state index in [2.05, 4.69) is 5.32 Å². The summed E-state index contributed by atoms with van der Waals surface area (Å²) in [5, 5.41) is 2.91. The molecule has 2 aromatic carbocycles. The number of benzene rings is 2. The van der Waals surface area contributed by atoms with Crippen LogP contribution >= 0.6 is 0 Å². The molecule has 1 N–H and O–H groups in total. The second-order valence-corrected chi connectivity index (χ2v) is 9.54. The van der Waals surface area contributed by atoms with Gasteiger partial charge in [-0.2, -0.15) is 0 Å². The molecule has 0 atom stereocenters. The zero-order valence-corrected chi connectivity index (χ0v) is 20.8. The van der Waals surface area contributed by atoms with Gasteiger partial charge in [-0.25, -0.2) is 0 Å².